The van der Waals surface area contributed by atoms with Gasteiger partial charge < -0.3 is 5.32 Å². The molecule has 2 rings (SSSR count). The zero-order chi connectivity index (χ0) is 6.27. The fourth-order valence-electron chi connectivity index (χ4n) is 2.47. The first-order chi connectivity index (χ1) is 4.36. The zero-order valence-corrected chi connectivity index (χ0v) is 6.06. The molecule has 1 heteroatoms. The third kappa shape index (κ3) is 0.877. The van der Waals surface area contributed by atoms with Crippen LogP contribution in [-0.2, 0) is 0 Å². The van der Waals surface area contributed by atoms with E-state index in [1.807, 2.05) is 0 Å². The first kappa shape index (κ1) is 5.72. The molecule has 0 aromatic carbocycles. The Morgan fingerprint density at radius 3 is 2.22 bits per heavy atom. The highest BCUT2D eigenvalue weighted by atomic mass is 14.9. The van der Waals surface area contributed by atoms with Crippen LogP contribution in [0, 0.1) is 17.8 Å². The maximum atomic E-state index is 3.44. The van der Waals surface area contributed by atoms with Gasteiger partial charge in [-0.05, 0) is 43.7 Å². The van der Waals surface area contributed by atoms with Crippen LogP contribution >= 0.6 is 0 Å². The van der Waals surface area contributed by atoms with Crippen molar-refractivity contribution in [2.75, 3.05) is 13.1 Å². The van der Waals surface area contributed by atoms with Crippen molar-refractivity contribution >= 4 is 0 Å². The van der Waals surface area contributed by atoms with E-state index < -0.39 is 0 Å². The van der Waals surface area contributed by atoms with Gasteiger partial charge in [-0.3, -0.25) is 0 Å². The van der Waals surface area contributed by atoms with Gasteiger partial charge in [-0.25, -0.2) is 0 Å². The van der Waals surface area contributed by atoms with Crippen LogP contribution in [0.1, 0.15) is 19.8 Å². The largest absolute Gasteiger partial charge is 0.316 e. The van der Waals surface area contributed by atoms with Crippen molar-refractivity contribution < 1.29 is 0 Å². The Kier molecular flexibility index (Phi) is 1.26. The van der Waals surface area contributed by atoms with Crippen LogP contribution in [0.25, 0.3) is 0 Å². The number of rotatable bonds is 0. The van der Waals surface area contributed by atoms with Crippen LogP contribution in [-0.4, -0.2) is 13.1 Å². The van der Waals surface area contributed by atoms with Crippen molar-refractivity contribution in [1.82, 2.24) is 5.32 Å². The average molecular weight is 125 g/mol. The average Bonchev–Trinajstić information content (AvgIpc) is 2.22. The number of hydrogen-bond donors (Lipinski definition) is 1. The molecule has 0 bridgehead atoms. The normalized spacial score (nSPS) is 49.7. The molecule has 1 aliphatic heterocycles. The van der Waals surface area contributed by atoms with E-state index in [2.05, 4.69) is 12.2 Å². The Morgan fingerprint density at radius 1 is 1.11 bits per heavy atom. The third-order valence-corrected chi connectivity index (χ3v) is 2.89. The molecule has 1 saturated heterocycles. The van der Waals surface area contributed by atoms with Crippen LogP contribution < -0.4 is 5.32 Å². The zero-order valence-electron chi connectivity index (χ0n) is 6.06. The molecule has 0 radical (unpaired) electrons. The van der Waals surface area contributed by atoms with Crippen LogP contribution in [0.4, 0.5) is 0 Å². The third-order valence-electron chi connectivity index (χ3n) is 2.89. The summed E-state index contributed by atoms with van der Waals surface area (Å²) < 4.78 is 0. The van der Waals surface area contributed by atoms with Gasteiger partial charge in [-0.1, -0.05) is 6.92 Å². The molecule has 0 aromatic heterocycles. The molecule has 0 aromatic rings. The van der Waals surface area contributed by atoms with Gasteiger partial charge in [0.25, 0.3) is 0 Å². The monoisotopic (exact) mass is 125 g/mol. The summed E-state index contributed by atoms with van der Waals surface area (Å²) in [5, 5.41) is 3.44. The molecule has 1 saturated carbocycles. The van der Waals surface area contributed by atoms with E-state index in [0.29, 0.717) is 0 Å². The van der Waals surface area contributed by atoms with E-state index in [1.165, 1.54) is 25.9 Å². The Labute approximate surface area is 56.8 Å². The predicted molar refractivity (Wildman–Crippen MR) is 38.2 cm³/mol. The molecule has 0 spiro atoms. The van der Waals surface area contributed by atoms with Gasteiger partial charge >= 0.3 is 0 Å². The fourth-order valence-corrected chi connectivity index (χ4v) is 2.47. The maximum Gasteiger partial charge on any atom is -0.00172 e. The summed E-state index contributed by atoms with van der Waals surface area (Å²) in [6.07, 6.45) is 2.97. The number of hydrogen-bond acceptors (Lipinski definition) is 1. The molecule has 9 heavy (non-hydrogen) atoms. The molecular weight excluding hydrogens is 110 g/mol. The minimum Gasteiger partial charge on any atom is -0.316 e. The molecule has 3 atom stereocenters. The summed E-state index contributed by atoms with van der Waals surface area (Å²) in [4.78, 5) is 0. The highest BCUT2D eigenvalue weighted by Gasteiger charge is 2.34. The summed E-state index contributed by atoms with van der Waals surface area (Å²) in [7, 11) is 0. The number of nitrogens with one attached hydrogen (secondary N) is 1. The standard InChI is InChI=1S/C8H15N/c1-6-2-7-4-9-5-8(7)3-6/h6-9H,2-5H2,1H3/t6-,7-,8?/m1/s1. The van der Waals surface area contributed by atoms with Crippen molar-refractivity contribution in [3.05, 3.63) is 0 Å². The molecule has 1 heterocycles. The van der Waals surface area contributed by atoms with E-state index >= 15 is 0 Å². The smallest absolute Gasteiger partial charge is 0.00172 e. The van der Waals surface area contributed by atoms with Crippen molar-refractivity contribution in [3.8, 4) is 0 Å². The second-order valence-electron chi connectivity index (χ2n) is 3.75. The van der Waals surface area contributed by atoms with Crippen LogP contribution in [0.5, 0.6) is 0 Å². The molecule has 1 nitrogen and oxygen atoms in total. The predicted octanol–water partition coefficient (Wildman–Crippen LogP) is 1.25. The Hall–Kier alpha value is -0.0400. The van der Waals surface area contributed by atoms with Gasteiger partial charge in [0, 0.05) is 0 Å². The Bertz CT molecular complexity index is 99.1. The summed E-state index contributed by atoms with van der Waals surface area (Å²) in [5.74, 6) is 3.10. The lowest BCUT2D eigenvalue weighted by Gasteiger charge is -2.02. The molecule has 1 aliphatic carbocycles. The van der Waals surface area contributed by atoms with E-state index in [-0.39, 0.29) is 0 Å². The second kappa shape index (κ2) is 1.98. The molecule has 2 fully saturated rings. The summed E-state index contributed by atoms with van der Waals surface area (Å²) in [6.45, 7) is 4.99. The highest BCUT2D eigenvalue weighted by molar-refractivity contribution is 4.88. The van der Waals surface area contributed by atoms with Gasteiger partial charge in [-0.2, -0.15) is 0 Å². The topological polar surface area (TPSA) is 12.0 Å². The van der Waals surface area contributed by atoms with Crippen molar-refractivity contribution in [3.63, 3.8) is 0 Å². The maximum absolute atomic E-state index is 3.44. The van der Waals surface area contributed by atoms with E-state index in [1.54, 1.807) is 0 Å². The molecular formula is C8H15N. The summed E-state index contributed by atoms with van der Waals surface area (Å²) in [6, 6.07) is 0. The van der Waals surface area contributed by atoms with Crippen LogP contribution in [0.3, 0.4) is 0 Å². The van der Waals surface area contributed by atoms with Gasteiger partial charge in [0.05, 0.1) is 0 Å². The van der Waals surface area contributed by atoms with Gasteiger partial charge in [0.15, 0.2) is 0 Å². The minimum atomic E-state index is 1.02. The summed E-state index contributed by atoms with van der Waals surface area (Å²) in [5.41, 5.74) is 0. The quantitative estimate of drug-likeness (QED) is 0.514. The molecule has 1 N–H and O–H groups in total. The van der Waals surface area contributed by atoms with Crippen molar-refractivity contribution in [2.45, 2.75) is 19.8 Å². The lowest BCUT2D eigenvalue weighted by Crippen LogP contribution is -2.10. The SMILES string of the molecule is C[C@H]1CC2CNC[C@H]2C1. The van der Waals surface area contributed by atoms with Crippen molar-refractivity contribution in [2.24, 2.45) is 17.8 Å². The molecule has 2 aliphatic rings. The fraction of sp³-hybridized carbons (Fsp3) is 1.00. The Balaban J connectivity index is 2.02. The minimum absolute atomic E-state index is 1.02. The van der Waals surface area contributed by atoms with Gasteiger partial charge in [0.2, 0.25) is 0 Å². The van der Waals surface area contributed by atoms with E-state index in [0.717, 1.165) is 17.8 Å². The van der Waals surface area contributed by atoms with Crippen molar-refractivity contribution in [1.29, 1.82) is 0 Å². The lowest BCUT2D eigenvalue weighted by molar-refractivity contribution is 0.494. The molecule has 0 amide bonds. The highest BCUT2D eigenvalue weighted by Crippen LogP contribution is 2.37. The van der Waals surface area contributed by atoms with Gasteiger partial charge in [-0.15, -0.1) is 0 Å². The Morgan fingerprint density at radius 2 is 1.67 bits per heavy atom. The summed E-state index contributed by atoms with van der Waals surface area (Å²) >= 11 is 0. The van der Waals surface area contributed by atoms with E-state index in [4.69, 9.17) is 0 Å². The van der Waals surface area contributed by atoms with Crippen LogP contribution in [0.15, 0.2) is 0 Å². The second-order valence-corrected chi connectivity index (χ2v) is 3.75. The van der Waals surface area contributed by atoms with Crippen LogP contribution in [0.2, 0.25) is 0 Å². The molecule has 1 unspecified atom stereocenters. The van der Waals surface area contributed by atoms with Gasteiger partial charge in [0.1, 0.15) is 0 Å². The first-order valence-electron chi connectivity index (χ1n) is 4.07. The molecule has 52 valence electrons. The first-order valence-corrected chi connectivity index (χ1v) is 4.07. The number of fused-ring (bicyclic) bond motifs is 1. The lowest BCUT2D eigenvalue weighted by atomic mass is 10.0. The van der Waals surface area contributed by atoms with E-state index in [9.17, 15) is 0 Å².